The zero-order valence-electron chi connectivity index (χ0n) is 6.15. The lowest BCUT2D eigenvalue weighted by atomic mass is 10.2. The van der Waals surface area contributed by atoms with E-state index in [-0.39, 0.29) is 0 Å². The summed E-state index contributed by atoms with van der Waals surface area (Å²) in [6.45, 7) is 2.09. The number of hydrogen-bond acceptors (Lipinski definition) is 1. The first-order valence-electron chi connectivity index (χ1n) is 3.47. The summed E-state index contributed by atoms with van der Waals surface area (Å²) in [6, 6.07) is 0. The SMILES string of the molecule is CCC1=CC=C(N)CC#C1. The standard InChI is InChI=1S/C9H11N/c1-2-8-4-3-5-9(10)7-6-8/h6-7H,2,5,10H2,1H3. The van der Waals surface area contributed by atoms with E-state index >= 15 is 0 Å². The normalized spacial score (nSPS) is 16.1. The minimum Gasteiger partial charge on any atom is -0.401 e. The topological polar surface area (TPSA) is 26.0 Å². The van der Waals surface area contributed by atoms with Gasteiger partial charge in [0.1, 0.15) is 0 Å². The van der Waals surface area contributed by atoms with E-state index in [4.69, 9.17) is 5.73 Å². The minimum absolute atomic E-state index is 0.708. The second-order valence-electron chi connectivity index (χ2n) is 2.27. The lowest BCUT2D eigenvalue weighted by Gasteiger charge is -1.87. The highest BCUT2D eigenvalue weighted by Gasteiger charge is 1.91. The molecule has 0 aromatic heterocycles. The van der Waals surface area contributed by atoms with Crippen LogP contribution >= 0.6 is 0 Å². The molecule has 0 fully saturated rings. The van der Waals surface area contributed by atoms with Crippen LogP contribution in [-0.2, 0) is 0 Å². The first-order chi connectivity index (χ1) is 4.83. The molecule has 0 unspecified atom stereocenters. The number of hydrogen-bond donors (Lipinski definition) is 1. The largest absolute Gasteiger partial charge is 0.401 e. The molecule has 1 rings (SSSR count). The Morgan fingerprint density at radius 2 is 2.40 bits per heavy atom. The smallest absolute Gasteiger partial charge is 0.0489 e. The molecule has 0 saturated carbocycles. The van der Waals surface area contributed by atoms with Crippen LogP contribution in [0, 0.1) is 11.8 Å². The molecule has 1 nitrogen and oxygen atoms in total. The van der Waals surface area contributed by atoms with Gasteiger partial charge in [-0.05, 0) is 18.6 Å². The van der Waals surface area contributed by atoms with Crippen LogP contribution in [0.1, 0.15) is 19.8 Å². The predicted molar refractivity (Wildman–Crippen MR) is 43.0 cm³/mol. The van der Waals surface area contributed by atoms with Crippen molar-refractivity contribution in [3.05, 3.63) is 23.4 Å². The van der Waals surface area contributed by atoms with Crippen molar-refractivity contribution in [1.29, 1.82) is 0 Å². The Morgan fingerprint density at radius 3 is 3.10 bits per heavy atom. The van der Waals surface area contributed by atoms with E-state index in [9.17, 15) is 0 Å². The number of nitrogens with two attached hydrogens (primary N) is 1. The van der Waals surface area contributed by atoms with Gasteiger partial charge in [0.2, 0.25) is 0 Å². The van der Waals surface area contributed by atoms with Crippen LogP contribution in [0.5, 0.6) is 0 Å². The summed E-state index contributed by atoms with van der Waals surface area (Å²) in [5, 5.41) is 0. The van der Waals surface area contributed by atoms with E-state index in [0.29, 0.717) is 6.42 Å². The van der Waals surface area contributed by atoms with Crippen LogP contribution < -0.4 is 5.73 Å². The molecule has 0 atom stereocenters. The maximum absolute atomic E-state index is 5.57. The van der Waals surface area contributed by atoms with E-state index in [1.807, 2.05) is 12.2 Å². The molecule has 0 aliphatic heterocycles. The number of rotatable bonds is 1. The molecule has 10 heavy (non-hydrogen) atoms. The Hall–Kier alpha value is -1.16. The van der Waals surface area contributed by atoms with Gasteiger partial charge in [0.05, 0.1) is 0 Å². The Bertz CT molecular complexity index is 235. The van der Waals surface area contributed by atoms with Gasteiger partial charge in [-0.3, -0.25) is 0 Å². The van der Waals surface area contributed by atoms with Crippen LogP contribution in [0.3, 0.4) is 0 Å². The molecule has 0 spiro atoms. The molecule has 1 aliphatic rings. The van der Waals surface area contributed by atoms with E-state index in [2.05, 4.69) is 18.8 Å². The van der Waals surface area contributed by atoms with Gasteiger partial charge in [0.25, 0.3) is 0 Å². The van der Waals surface area contributed by atoms with Crippen LogP contribution in [0.2, 0.25) is 0 Å². The fourth-order valence-corrected chi connectivity index (χ4v) is 0.774. The van der Waals surface area contributed by atoms with Gasteiger partial charge in [0, 0.05) is 17.7 Å². The van der Waals surface area contributed by atoms with Crippen molar-refractivity contribution in [3.8, 4) is 11.8 Å². The fourth-order valence-electron chi connectivity index (χ4n) is 0.774. The third-order valence-corrected chi connectivity index (χ3v) is 1.42. The Kier molecular flexibility index (Phi) is 2.17. The molecule has 0 aromatic carbocycles. The van der Waals surface area contributed by atoms with Gasteiger partial charge in [-0.25, -0.2) is 0 Å². The Balaban J connectivity index is 2.81. The molecule has 1 aliphatic carbocycles. The second-order valence-corrected chi connectivity index (χ2v) is 2.27. The maximum atomic E-state index is 5.57. The zero-order chi connectivity index (χ0) is 7.40. The van der Waals surface area contributed by atoms with Crippen LogP contribution in [0.15, 0.2) is 23.4 Å². The van der Waals surface area contributed by atoms with Gasteiger partial charge < -0.3 is 5.73 Å². The highest BCUT2D eigenvalue weighted by Crippen LogP contribution is 2.04. The fraction of sp³-hybridized carbons (Fsp3) is 0.333. The van der Waals surface area contributed by atoms with Crippen molar-refractivity contribution < 1.29 is 0 Å². The molecule has 0 heterocycles. The van der Waals surface area contributed by atoms with Crippen LogP contribution in [0.4, 0.5) is 0 Å². The quantitative estimate of drug-likeness (QED) is 0.540. The summed E-state index contributed by atoms with van der Waals surface area (Å²) < 4.78 is 0. The molecule has 52 valence electrons. The van der Waals surface area contributed by atoms with Gasteiger partial charge in [0.15, 0.2) is 0 Å². The Morgan fingerprint density at radius 1 is 1.60 bits per heavy atom. The molecule has 0 amide bonds. The van der Waals surface area contributed by atoms with Gasteiger partial charge in [-0.15, -0.1) is 0 Å². The molecule has 1 heteroatoms. The van der Waals surface area contributed by atoms with E-state index < -0.39 is 0 Å². The van der Waals surface area contributed by atoms with Gasteiger partial charge in [-0.2, -0.15) is 0 Å². The second kappa shape index (κ2) is 3.12. The van der Waals surface area contributed by atoms with Crippen LogP contribution in [-0.4, -0.2) is 0 Å². The monoisotopic (exact) mass is 133 g/mol. The van der Waals surface area contributed by atoms with Gasteiger partial charge >= 0.3 is 0 Å². The first-order valence-corrected chi connectivity index (χ1v) is 3.47. The lowest BCUT2D eigenvalue weighted by molar-refractivity contribution is 1.17. The van der Waals surface area contributed by atoms with Crippen LogP contribution in [0.25, 0.3) is 0 Å². The molecule has 0 aromatic rings. The van der Waals surface area contributed by atoms with Crippen molar-refractivity contribution in [2.75, 3.05) is 0 Å². The predicted octanol–water partition coefficient (Wildman–Crippen LogP) is 1.57. The van der Waals surface area contributed by atoms with E-state index in [1.165, 1.54) is 5.57 Å². The summed E-state index contributed by atoms with van der Waals surface area (Å²) >= 11 is 0. The van der Waals surface area contributed by atoms with Gasteiger partial charge in [-0.1, -0.05) is 18.8 Å². The third-order valence-electron chi connectivity index (χ3n) is 1.42. The summed E-state index contributed by atoms with van der Waals surface area (Å²) in [7, 11) is 0. The van der Waals surface area contributed by atoms with E-state index in [1.54, 1.807) is 0 Å². The summed E-state index contributed by atoms with van der Waals surface area (Å²) in [4.78, 5) is 0. The lowest BCUT2D eigenvalue weighted by Crippen LogP contribution is -1.93. The molecule has 2 N–H and O–H groups in total. The third kappa shape index (κ3) is 1.66. The average Bonchev–Trinajstić information content (AvgIpc) is 2.14. The molecule has 0 saturated heterocycles. The maximum Gasteiger partial charge on any atom is 0.0489 e. The molecular weight excluding hydrogens is 122 g/mol. The molecule has 0 radical (unpaired) electrons. The Labute approximate surface area is 61.6 Å². The summed E-state index contributed by atoms with van der Waals surface area (Å²) in [5.41, 5.74) is 7.59. The van der Waals surface area contributed by atoms with Crippen molar-refractivity contribution in [3.63, 3.8) is 0 Å². The van der Waals surface area contributed by atoms with E-state index in [0.717, 1.165) is 12.1 Å². The summed E-state index contributed by atoms with van der Waals surface area (Å²) in [6.07, 6.45) is 5.62. The molecule has 0 bridgehead atoms. The van der Waals surface area contributed by atoms with Crippen molar-refractivity contribution in [2.45, 2.75) is 19.8 Å². The van der Waals surface area contributed by atoms with Crippen molar-refractivity contribution >= 4 is 0 Å². The number of allylic oxidation sites excluding steroid dienone is 4. The highest BCUT2D eigenvalue weighted by molar-refractivity contribution is 5.36. The van der Waals surface area contributed by atoms with Crippen molar-refractivity contribution in [1.82, 2.24) is 0 Å². The first kappa shape index (κ1) is 6.95. The minimum atomic E-state index is 0.708. The summed E-state index contributed by atoms with van der Waals surface area (Å²) in [5.74, 6) is 6.03. The zero-order valence-corrected chi connectivity index (χ0v) is 6.15. The van der Waals surface area contributed by atoms with Crippen molar-refractivity contribution in [2.24, 2.45) is 5.73 Å². The molecular formula is C9H11N. The average molecular weight is 133 g/mol. The highest BCUT2D eigenvalue weighted by atomic mass is 14.6.